The molecule has 7 nitrogen and oxygen atoms in total. The molecular weight excluding hydrogens is 442 g/mol. The summed E-state index contributed by atoms with van der Waals surface area (Å²) in [5.41, 5.74) is 8.26. The Morgan fingerprint density at radius 1 is 1.00 bits per heavy atom. The molecule has 186 valence electrons. The molecule has 2 fully saturated rings. The Morgan fingerprint density at radius 3 is 2.31 bits per heavy atom. The molecule has 1 saturated carbocycles. The zero-order chi connectivity index (χ0) is 24.6. The van der Waals surface area contributed by atoms with E-state index in [1.54, 1.807) is 0 Å². The van der Waals surface area contributed by atoms with Gasteiger partial charge in [0, 0.05) is 5.56 Å². The number of hydrogen-bond donors (Lipinski definition) is 3. The molecule has 0 unspecified atom stereocenters. The van der Waals surface area contributed by atoms with Crippen molar-refractivity contribution in [3.63, 3.8) is 0 Å². The second-order valence-corrected chi connectivity index (χ2v) is 9.68. The number of amidine groups is 1. The monoisotopic (exact) mass is 477 g/mol. The average molecular weight is 478 g/mol. The van der Waals surface area contributed by atoms with Gasteiger partial charge in [-0.15, -0.1) is 0 Å². The normalized spacial score (nSPS) is 20.3. The molecule has 0 radical (unpaired) electrons. The lowest BCUT2D eigenvalue weighted by molar-refractivity contribution is -0.146. The maximum absolute atomic E-state index is 12.3. The Hall–Kier alpha value is -3.35. The lowest BCUT2D eigenvalue weighted by atomic mass is 9.87. The van der Waals surface area contributed by atoms with E-state index in [-0.39, 0.29) is 36.1 Å². The second kappa shape index (κ2) is 11.9. The SMILES string of the molecule is N=C(N)c1ccc(-c2ccc(OC[C@@H]3C[C@@H](CC(=O)OCCC4CCCCC4)C(=O)N3)cc2)cc1. The number of esters is 1. The first-order valence-electron chi connectivity index (χ1n) is 12.6. The summed E-state index contributed by atoms with van der Waals surface area (Å²) < 4.78 is 11.3. The van der Waals surface area contributed by atoms with Crippen molar-refractivity contribution in [1.82, 2.24) is 5.32 Å². The lowest BCUT2D eigenvalue weighted by Gasteiger charge is -2.21. The van der Waals surface area contributed by atoms with Crippen molar-refractivity contribution in [3.05, 3.63) is 54.1 Å². The van der Waals surface area contributed by atoms with Gasteiger partial charge in [0.1, 0.15) is 18.2 Å². The zero-order valence-corrected chi connectivity index (χ0v) is 20.1. The van der Waals surface area contributed by atoms with Crippen molar-refractivity contribution in [3.8, 4) is 16.9 Å². The fraction of sp³-hybridized carbons (Fsp3) is 0.464. The van der Waals surface area contributed by atoms with Crippen molar-refractivity contribution in [2.75, 3.05) is 13.2 Å². The van der Waals surface area contributed by atoms with Crippen LogP contribution in [-0.2, 0) is 14.3 Å². The summed E-state index contributed by atoms with van der Waals surface area (Å²) in [6.07, 6.45) is 7.99. The number of hydrogen-bond acceptors (Lipinski definition) is 5. The van der Waals surface area contributed by atoms with Gasteiger partial charge in [-0.25, -0.2) is 0 Å². The minimum absolute atomic E-state index is 0.0492. The van der Waals surface area contributed by atoms with Crippen LogP contribution in [0.3, 0.4) is 0 Å². The zero-order valence-electron chi connectivity index (χ0n) is 20.1. The van der Waals surface area contributed by atoms with E-state index >= 15 is 0 Å². The molecular formula is C28H35N3O4. The van der Waals surface area contributed by atoms with E-state index in [0.717, 1.165) is 17.5 Å². The van der Waals surface area contributed by atoms with Crippen LogP contribution in [0.5, 0.6) is 5.75 Å². The van der Waals surface area contributed by atoms with Crippen LogP contribution in [0.4, 0.5) is 0 Å². The maximum Gasteiger partial charge on any atom is 0.306 e. The molecule has 0 bridgehead atoms. The minimum atomic E-state index is -0.355. The Labute approximate surface area is 206 Å². The molecule has 1 amide bonds. The summed E-state index contributed by atoms with van der Waals surface area (Å²) in [6.45, 7) is 0.812. The maximum atomic E-state index is 12.3. The number of benzene rings is 2. The predicted octanol–water partition coefficient (Wildman–Crippen LogP) is 4.42. The van der Waals surface area contributed by atoms with Gasteiger partial charge in [-0.1, -0.05) is 68.5 Å². The summed E-state index contributed by atoms with van der Waals surface area (Å²) in [6, 6.07) is 15.1. The number of carbonyl (C=O) groups is 2. The van der Waals surface area contributed by atoms with E-state index in [1.165, 1.54) is 32.1 Å². The van der Waals surface area contributed by atoms with Crippen LogP contribution in [0.25, 0.3) is 11.1 Å². The lowest BCUT2D eigenvalue weighted by Crippen LogP contribution is -2.31. The minimum Gasteiger partial charge on any atom is -0.491 e. The standard InChI is InChI=1S/C28H35N3O4/c29-27(30)22-8-6-20(7-9-22)21-10-12-25(13-11-21)35-18-24-16-23(28(33)31-24)17-26(32)34-15-14-19-4-2-1-3-5-19/h6-13,19,23-24H,1-5,14-18H2,(H3,29,30)(H,31,33)/t23-,24-/m0/s1. The highest BCUT2D eigenvalue weighted by molar-refractivity contribution is 5.95. The van der Waals surface area contributed by atoms with Crippen LogP contribution in [0.15, 0.2) is 48.5 Å². The van der Waals surface area contributed by atoms with Crippen LogP contribution in [0, 0.1) is 17.2 Å². The molecule has 1 saturated heterocycles. The van der Waals surface area contributed by atoms with E-state index < -0.39 is 0 Å². The van der Waals surface area contributed by atoms with E-state index in [1.807, 2.05) is 48.5 Å². The van der Waals surface area contributed by atoms with Gasteiger partial charge < -0.3 is 20.5 Å². The largest absolute Gasteiger partial charge is 0.491 e. The Bertz CT molecular complexity index is 1010. The number of nitrogens with one attached hydrogen (secondary N) is 2. The van der Waals surface area contributed by atoms with Crippen LogP contribution < -0.4 is 15.8 Å². The smallest absolute Gasteiger partial charge is 0.306 e. The third-order valence-corrected chi connectivity index (χ3v) is 7.05. The molecule has 4 N–H and O–H groups in total. The molecule has 2 aliphatic rings. The fourth-order valence-electron chi connectivity index (χ4n) is 4.97. The molecule has 4 rings (SSSR count). The average Bonchev–Trinajstić information content (AvgIpc) is 3.22. The Morgan fingerprint density at radius 2 is 1.66 bits per heavy atom. The molecule has 0 aromatic heterocycles. The first-order chi connectivity index (χ1) is 17.0. The summed E-state index contributed by atoms with van der Waals surface area (Å²) in [5, 5.41) is 10.4. The molecule has 2 aromatic rings. The number of rotatable bonds is 10. The first kappa shape index (κ1) is 24.8. The first-order valence-corrected chi connectivity index (χ1v) is 12.6. The highest BCUT2D eigenvalue weighted by Gasteiger charge is 2.34. The number of amides is 1. The highest BCUT2D eigenvalue weighted by atomic mass is 16.5. The number of nitrogen functional groups attached to an aromatic ring is 1. The van der Waals surface area contributed by atoms with Gasteiger partial charge in [0.25, 0.3) is 0 Å². The van der Waals surface area contributed by atoms with Crippen molar-refractivity contribution in [2.24, 2.45) is 17.6 Å². The van der Waals surface area contributed by atoms with Gasteiger partial charge in [0.15, 0.2) is 0 Å². The number of carbonyl (C=O) groups excluding carboxylic acids is 2. The molecule has 1 aliphatic carbocycles. The van der Waals surface area contributed by atoms with Gasteiger partial charge >= 0.3 is 5.97 Å². The van der Waals surface area contributed by atoms with E-state index in [0.29, 0.717) is 36.9 Å². The predicted molar refractivity (Wildman–Crippen MR) is 135 cm³/mol. The summed E-state index contributed by atoms with van der Waals surface area (Å²) in [4.78, 5) is 24.5. The van der Waals surface area contributed by atoms with Crippen molar-refractivity contribution < 1.29 is 19.1 Å². The van der Waals surface area contributed by atoms with Gasteiger partial charge in [-0.3, -0.25) is 15.0 Å². The molecule has 1 heterocycles. The molecule has 2 aromatic carbocycles. The summed E-state index contributed by atoms with van der Waals surface area (Å²) in [5.74, 6) is 0.698. The van der Waals surface area contributed by atoms with E-state index in [9.17, 15) is 9.59 Å². The highest BCUT2D eigenvalue weighted by Crippen LogP contribution is 2.27. The van der Waals surface area contributed by atoms with Crippen molar-refractivity contribution >= 4 is 17.7 Å². The Kier molecular flexibility index (Phi) is 8.40. The van der Waals surface area contributed by atoms with Crippen LogP contribution in [0.2, 0.25) is 0 Å². The fourth-order valence-corrected chi connectivity index (χ4v) is 4.97. The van der Waals surface area contributed by atoms with Gasteiger partial charge in [-0.05, 0) is 42.0 Å². The molecule has 0 spiro atoms. The Balaban J connectivity index is 1.18. The van der Waals surface area contributed by atoms with Crippen LogP contribution >= 0.6 is 0 Å². The number of ether oxygens (including phenoxy) is 2. The molecule has 2 atom stereocenters. The van der Waals surface area contributed by atoms with Gasteiger partial charge in [0.05, 0.1) is 25.0 Å². The summed E-state index contributed by atoms with van der Waals surface area (Å²) in [7, 11) is 0. The topological polar surface area (TPSA) is 115 Å². The van der Waals surface area contributed by atoms with Crippen LogP contribution in [-0.4, -0.2) is 37.0 Å². The third kappa shape index (κ3) is 7.07. The second-order valence-electron chi connectivity index (χ2n) is 9.68. The van der Waals surface area contributed by atoms with Crippen molar-refractivity contribution in [2.45, 2.75) is 57.4 Å². The number of nitrogens with two attached hydrogens (primary N) is 1. The molecule has 35 heavy (non-hydrogen) atoms. The van der Waals surface area contributed by atoms with E-state index in [4.69, 9.17) is 20.6 Å². The van der Waals surface area contributed by atoms with Crippen molar-refractivity contribution in [1.29, 1.82) is 5.41 Å². The third-order valence-electron chi connectivity index (χ3n) is 7.05. The quantitative estimate of drug-likeness (QED) is 0.266. The van der Waals surface area contributed by atoms with Gasteiger partial charge in [-0.2, -0.15) is 0 Å². The van der Waals surface area contributed by atoms with Gasteiger partial charge in [0.2, 0.25) is 5.91 Å². The van der Waals surface area contributed by atoms with Crippen LogP contribution in [0.1, 0.15) is 56.9 Å². The molecule has 7 heteroatoms. The summed E-state index contributed by atoms with van der Waals surface area (Å²) >= 11 is 0. The van der Waals surface area contributed by atoms with E-state index in [2.05, 4.69) is 5.32 Å². The molecule has 1 aliphatic heterocycles.